The van der Waals surface area contributed by atoms with Crippen LogP contribution in [-0.4, -0.2) is 39.3 Å². The van der Waals surface area contributed by atoms with Crippen molar-refractivity contribution in [2.24, 2.45) is 0 Å². The number of anilines is 2. The number of nitrogens with zero attached hydrogens (tertiary/aromatic N) is 1. The summed E-state index contributed by atoms with van der Waals surface area (Å²) in [6.45, 7) is 3.31. The molecule has 7 nitrogen and oxygen atoms in total. The minimum Gasteiger partial charge on any atom is -0.450 e. The topological polar surface area (TPSA) is 94.9 Å². The molecule has 5 rings (SSSR count). The third kappa shape index (κ3) is 3.07. The van der Waals surface area contributed by atoms with Crippen LogP contribution >= 0.6 is 11.3 Å². The number of morpholine rings is 1. The number of fused-ring (bicyclic) bond motifs is 3. The van der Waals surface area contributed by atoms with Crippen LogP contribution in [0.25, 0.3) is 20.9 Å². The lowest BCUT2D eigenvalue weighted by molar-refractivity contribution is -0.328. The summed E-state index contributed by atoms with van der Waals surface area (Å²) in [7, 11) is 1.59. The van der Waals surface area contributed by atoms with Crippen molar-refractivity contribution >= 4 is 39.0 Å². The van der Waals surface area contributed by atoms with Crippen molar-refractivity contribution in [3.8, 4) is 10.6 Å². The molecule has 1 fully saturated rings. The number of carbonyl (C=O) groups is 1. The number of H-pyrrole nitrogens is 1. The maximum absolute atomic E-state index is 11.9. The van der Waals surface area contributed by atoms with E-state index >= 15 is 0 Å². The van der Waals surface area contributed by atoms with Crippen molar-refractivity contribution in [2.75, 3.05) is 44.0 Å². The summed E-state index contributed by atoms with van der Waals surface area (Å²) in [4.78, 5) is 19.9. The highest BCUT2D eigenvalue weighted by atomic mass is 32.1. The Bertz CT molecular complexity index is 1080. The fourth-order valence-electron chi connectivity index (χ4n) is 4.40. The lowest BCUT2D eigenvalue weighted by Crippen LogP contribution is -2.40. The number of rotatable bonds is 3. The van der Waals surface area contributed by atoms with Gasteiger partial charge in [0.15, 0.2) is 10.6 Å². The van der Waals surface area contributed by atoms with Crippen LogP contribution in [0.1, 0.15) is 34.5 Å². The van der Waals surface area contributed by atoms with Crippen molar-refractivity contribution in [3.05, 3.63) is 29.0 Å². The van der Waals surface area contributed by atoms with Crippen LogP contribution in [0.15, 0.2) is 16.5 Å². The van der Waals surface area contributed by atoms with Crippen LogP contribution < -0.4 is 20.9 Å². The highest BCUT2D eigenvalue weighted by molar-refractivity contribution is 7.22. The van der Waals surface area contributed by atoms with E-state index in [0.29, 0.717) is 11.5 Å². The van der Waals surface area contributed by atoms with E-state index in [2.05, 4.69) is 15.2 Å². The Morgan fingerprint density at radius 3 is 2.72 bits per heavy atom. The average Bonchev–Trinajstić information content (AvgIpc) is 3.38. The van der Waals surface area contributed by atoms with Crippen LogP contribution in [0.5, 0.6) is 0 Å². The molecule has 0 atom stereocenters. The van der Waals surface area contributed by atoms with Crippen molar-refractivity contribution < 1.29 is 18.9 Å². The minimum atomic E-state index is -0.241. The molecule has 0 saturated carbocycles. The summed E-state index contributed by atoms with van der Waals surface area (Å²) in [5, 5.41) is 3.71. The Balaban J connectivity index is 1.66. The number of nitrogen functional groups attached to an aromatic ring is 1. The van der Waals surface area contributed by atoms with E-state index in [9.17, 15) is 4.79 Å². The number of nitrogens with two attached hydrogens (primary N) is 1. The molecule has 1 aliphatic carbocycles. The zero-order valence-electron chi connectivity index (χ0n) is 16.5. The fraction of sp³-hybridized carbons (Fsp3) is 0.429. The number of furan rings is 1. The molecule has 3 aromatic rings. The van der Waals surface area contributed by atoms with Crippen molar-refractivity contribution in [3.63, 3.8) is 0 Å². The van der Waals surface area contributed by atoms with Gasteiger partial charge >= 0.3 is 0 Å². The number of aromatic amines is 1. The van der Waals surface area contributed by atoms with E-state index in [4.69, 9.17) is 14.9 Å². The zero-order valence-corrected chi connectivity index (χ0v) is 17.3. The van der Waals surface area contributed by atoms with Crippen molar-refractivity contribution in [1.82, 2.24) is 5.32 Å². The van der Waals surface area contributed by atoms with Gasteiger partial charge in [0.05, 0.1) is 29.2 Å². The third-order valence-corrected chi connectivity index (χ3v) is 6.98. The summed E-state index contributed by atoms with van der Waals surface area (Å²) >= 11 is 1.60. The Labute approximate surface area is 172 Å². The molecule has 3 aromatic heterocycles. The highest BCUT2D eigenvalue weighted by Crippen LogP contribution is 2.44. The summed E-state index contributed by atoms with van der Waals surface area (Å²) in [6, 6.07) is 3.51. The quantitative estimate of drug-likeness (QED) is 0.688. The predicted octanol–water partition coefficient (Wildman–Crippen LogP) is 2.63. The Morgan fingerprint density at radius 2 is 1.97 bits per heavy atom. The first-order valence-corrected chi connectivity index (χ1v) is 10.9. The van der Waals surface area contributed by atoms with Gasteiger partial charge in [-0.1, -0.05) is 11.3 Å². The van der Waals surface area contributed by atoms with E-state index in [1.165, 1.54) is 29.8 Å². The molecular weight excluding hydrogens is 388 g/mol. The number of carbonyl (C=O) groups excluding carboxylic acids is 1. The molecule has 1 saturated heterocycles. The molecule has 1 aliphatic heterocycles. The first-order chi connectivity index (χ1) is 14.2. The average molecular weight is 414 g/mol. The second-order valence-electron chi connectivity index (χ2n) is 7.53. The van der Waals surface area contributed by atoms with Gasteiger partial charge in [-0.05, 0) is 43.4 Å². The SMILES string of the molecule is CNC(=O)c1ccc(-c2sc3[nH+]c(N4CCOCC4)c4c(c3c2N)CCCC4)o1. The molecule has 0 bridgehead atoms. The lowest BCUT2D eigenvalue weighted by atomic mass is 9.89. The number of pyridine rings is 1. The molecule has 29 heavy (non-hydrogen) atoms. The van der Waals surface area contributed by atoms with Gasteiger partial charge in [-0.25, -0.2) is 4.98 Å². The van der Waals surface area contributed by atoms with Crippen LogP contribution in [0.3, 0.4) is 0 Å². The highest BCUT2D eigenvalue weighted by Gasteiger charge is 2.31. The summed E-state index contributed by atoms with van der Waals surface area (Å²) in [5.74, 6) is 1.90. The molecule has 0 unspecified atom stereocenters. The maximum Gasteiger partial charge on any atom is 0.286 e. The van der Waals surface area contributed by atoms with Gasteiger partial charge in [-0.2, -0.15) is 0 Å². The minimum absolute atomic E-state index is 0.241. The largest absolute Gasteiger partial charge is 0.450 e. The fourth-order valence-corrected chi connectivity index (χ4v) is 5.51. The standard InChI is InChI=1S/C21H24N4O3S/c1-23-20(26)15-7-6-14(28-15)18-17(22)16-12-4-2-3-5-13(12)19(24-21(16)29-18)25-8-10-27-11-9-25/h6-7H,2-5,8-11,22H2,1H3,(H,23,26)/p+1. The number of amides is 1. The Morgan fingerprint density at radius 1 is 1.21 bits per heavy atom. The number of hydrogen-bond donors (Lipinski definition) is 2. The summed E-state index contributed by atoms with van der Waals surface area (Å²) in [6.07, 6.45) is 4.50. The molecule has 8 heteroatoms. The first kappa shape index (κ1) is 18.4. The van der Waals surface area contributed by atoms with Crippen LogP contribution in [0, 0.1) is 0 Å². The molecule has 0 aromatic carbocycles. The smallest absolute Gasteiger partial charge is 0.286 e. The van der Waals surface area contributed by atoms with Gasteiger partial charge in [-0.15, -0.1) is 0 Å². The van der Waals surface area contributed by atoms with Crippen LogP contribution in [0.2, 0.25) is 0 Å². The monoisotopic (exact) mass is 413 g/mol. The van der Waals surface area contributed by atoms with Gasteiger partial charge < -0.3 is 20.2 Å². The zero-order chi connectivity index (χ0) is 20.0. The number of ether oxygens (including phenoxy) is 1. The second kappa shape index (κ2) is 7.35. The number of aromatic nitrogens is 1. The summed E-state index contributed by atoms with van der Waals surface area (Å²) < 4.78 is 11.3. The number of aryl methyl sites for hydroxylation is 1. The molecule has 0 radical (unpaired) electrons. The van der Waals surface area contributed by atoms with Gasteiger partial charge in [-0.3, -0.25) is 9.69 Å². The molecule has 2 aliphatic rings. The van der Waals surface area contributed by atoms with Gasteiger partial charge in [0.1, 0.15) is 18.8 Å². The molecule has 0 spiro atoms. The Hall–Kier alpha value is -2.58. The maximum atomic E-state index is 11.9. The lowest BCUT2D eigenvalue weighted by Gasteiger charge is -2.26. The molecule has 4 N–H and O–H groups in total. The van der Waals surface area contributed by atoms with Crippen molar-refractivity contribution in [2.45, 2.75) is 25.7 Å². The number of hydrogen-bond acceptors (Lipinski definition) is 6. The van der Waals surface area contributed by atoms with E-state index < -0.39 is 0 Å². The number of nitrogens with one attached hydrogen (secondary N) is 2. The van der Waals surface area contributed by atoms with Gasteiger partial charge in [0, 0.05) is 12.6 Å². The van der Waals surface area contributed by atoms with E-state index in [1.54, 1.807) is 24.5 Å². The first-order valence-electron chi connectivity index (χ1n) is 10.1. The summed E-state index contributed by atoms with van der Waals surface area (Å²) in [5.41, 5.74) is 10.1. The molecular formula is C21H25N4O3S+. The van der Waals surface area contributed by atoms with Crippen LogP contribution in [0.4, 0.5) is 11.5 Å². The van der Waals surface area contributed by atoms with E-state index in [1.807, 2.05) is 6.07 Å². The van der Waals surface area contributed by atoms with Gasteiger partial charge in [0.25, 0.3) is 11.7 Å². The normalized spacial score (nSPS) is 16.8. The molecule has 4 heterocycles. The number of thiophene rings is 1. The predicted molar refractivity (Wildman–Crippen MR) is 114 cm³/mol. The Kier molecular flexibility index (Phi) is 4.67. The second-order valence-corrected chi connectivity index (χ2v) is 8.55. The third-order valence-electron chi connectivity index (χ3n) is 5.84. The van der Waals surface area contributed by atoms with Crippen LogP contribution in [-0.2, 0) is 17.6 Å². The van der Waals surface area contributed by atoms with Gasteiger partial charge in [0.2, 0.25) is 0 Å². The molecule has 152 valence electrons. The molecule has 1 amide bonds. The van der Waals surface area contributed by atoms with E-state index in [-0.39, 0.29) is 5.91 Å². The van der Waals surface area contributed by atoms with E-state index in [0.717, 1.165) is 59.9 Å². The van der Waals surface area contributed by atoms with Crippen molar-refractivity contribution in [1.29, 1.82) is 0 Å².